The average molecular weight is 446 g/mol. The molecule has 6 nitrogen and oxygen atoms in total. The van der Waals surface area contributed by atoms with Crippen LogP contribution >= 0.6 is 11.8 Å². The van der Waals surface area contributed by atoms with Gasteiger partial charge in [-0.1, -0.05) is 30.3 Å². The number of likely N-dealkylation sites (tertiary alicyclic amines) is 1. The normalized spacial score (nSPS) is 28.2. The van der Waals surface area contributed by atoms with Crippen molar-refractivity contribution in [2.45, 2.75) is 44.3 Å². The smallest absolute Gasteiger partial charge is 0.191 e. The first-order valence-electron chi connectivity index (χ1n) is 12.0. The standard InChI is InChI=1S/C24H39N5OS/c1-2-25-23(27-19-24(10-16-31-20-24)29-12-14-30-15-13-29)26-17-22-9-6-11-28(22)18-21-7-4-3-5-8-21/h3-5,7-8,22H,2,6,9-20H2,1H3,(H2,25,26,27). The lowest BCUT2D eigenvalue weighted by Gasteiger charge is -2.42. The van der Waals surface area contributed by atoms with Crippen molar-refractivity contribution < 1.29 is 4.74 Å². The molecule has 0 aliphatic carbocycles. The lowest BCUT2D eigenvalue weighted by atomic mass is 9.96. The summed E-state index contributed by atoms with van der Waals surface area (Å²) in [5.41, 5.74) is 1.60. The number of nitrogens with zero attached hydrogens (tertiary/aromatic N) is 3. The van der Waals surface area contributed by atoms with Crippen LogP contribution in [0.4, 0.5) is 0 Å². The highest BCUT2D eigenvalue weighted by molar-refractivity contribution is 7.99. The van der Waals surface area contributed by atoms with Gasteiger partial charge in [0.05, 0.1) is 25.3 Å². The van der Waals surface area contributed by atoms with Gasteiger partial charge in [0.1, 0.15) is 0 Å². The number of thioether (sulfide) groups is 1. The number of hydrogen-bond donors (Lipinski definition) is 2. The molecule has 1 aromatic rings. The summed E-state index contributed by atoms with van der Waals surface area (Å²) in [7, 11) is 0. The molecule has 4 rings (SSSR count). The van der Waals surface area contributed by atoms with Gasteiger partial charge in [0.2, 0.25) is 0 Å². The summed E-state index contributed by atoms with van der Waals surface area (Å²) in [5.74, 6) is 3.40. The van der Waals surface area contributed by atoms with Crippen LogP contribution in [0, 0.1) is 0 Å². The van der Waals surface area contributed by atoms with E-state index in [0.717, 1.165) is 58.4 Å². The molecule has 3 heterocycles. The second-order valence-electron chi connectivity index (χ2n) is 8.95. The molecule has 0 saturated carbocycles. The Morgan fingerprint density at radius 1 is 1.19 bits per heavy atom. The monoisotopic (exact) mass is 445 g/mol. The minimum Gasteiger partial charge on any atom is -0.379 e. The average Bonchev–Trinajstić information content (AvgIpc) is 3.47. The highest BCUT2D eigenvalue weighted by atomic mass is 32.2. The first-order chi connectivity index (χ1) is 15.3. The molecule has 31 heavy (non-hydrogen) atoms. The molecule has 3 fully saturated rings. The lowest BCUT2D eigenvalue weighted by Crippen LogP contribution is -2.56. The molecule has 0 radical (unpaired) electrons. The van der Waals surface area contributed by atoms with Gasteiger partial charge >= 0.3 is 0 Å². The van der Waals surface area contributed by atoms with E-state index in [9.17, 15) is 0 Å². The summed E-state index contributed by atoms with van der Waals surface area (Å²) in [6, 6.07) is 11.4. The van der Waals surface area contributed by atoms with Crippen molar-refractivity contribution in [1.29, 1.82) is 0 Å². The zero-order valence-electron chi connectivity index (χ0n) is 19.0. The largest absolute Gasteiger partial charge is 0.379 e. The molecule has 3 aliphatic heterocycles. The van der Waals surface area contributed by atoms with Gasteiger partial charge in [-0.3, -0.25) is 14.8 Å². The maximum Gasteiger partial charge on any atom is 0.191 e. The Labute approximate surface area is 192 Å². The fourth-order valence-corrected chi connectivity index (χ4v) is 6.51. The van der Waals surface area contributed by atoms with Crippen LogP contribution in [-0.4, -0.2) is 91.3 Å². The summed E-state index contributed by atoms with van der Waals surface area (Å²) >= 11 is 2.08. The van der Waals surface area contributed by atoms with Crippen LogP contribution in [0.5, 0.6) is 0 Å². The molecule has 3 aliphatic rings. The zero-order valence-corrected chi connectivity index (χ0v) is 19.8. The summed E-state index contributed by atoms with van der Waals surface area (Å²) < 4.78 is 5.60. The molecule has 0 spiro atoms. The third-order valence-electron chi connectivity index (χ3n) is 6.87. The molecule has 0 bridgehead atoms. The molecule has 172 valence electrons. The number of aliphatic imine (C=N–C) groups is 1. The minimum absolute atomic E-state index is 0.198. The molecular weight excluding hydrogens is 406 g/mol. The molecule has 2 unspecified atom stereocenters. The first-order valence-corrected chi connectivity index (χ1v) is 13.2. The van der Waals surface area contributed by atoms with E-state index in [-0.39, 0.29) is 5.54 Å². The highest BCUT2D eigenvalue weighted by Crippen LogP contribution is 2.34. The van der Waals surface area contributed by atoms with Gasteiger partial charge in [0, 0.05) is 44.5 Å². The lowest BCUT2D eigenvalue weighted by molar-refractivity contribution is -0.0104. The van der Waals surface area contributed by atoms with Gasteiger partial charge in [0.15, 0.2) is 5.96 Å². The van der Waals surface area contributed by atoms with E-state index in [0.29, 0.717) is 6.04 Å². The van der Waals surface area contributed by atoms with E-state index in [4.69, 9.17) is 9.73 Å². The predicted molar refractivity (Wildman–Crippen MR) is 131 cm³/mol. The van der Waals surface area contributed by atoms with E-state index in [1.54, 1.807) is 0 Å². The molecule has 2 N–H and O–H groups in total. The van der Waals surface area contributed by atoms with Crippen molar-refractivity contribution in [3.63, 3.8) is 0 Å². The quantitative estimate of drug-likeness (QED) is 0.474. The molecule has 1 aromatic carbocycles. The third kappa shape index (κ3) is 6.15. The van der Waals surface area contributed by atoms with Crippen LogP contribution in [0.25, 0.3) is 0 Å². The van der Waals surface area contributed by atoms with Crippen molar-refractivity contribution in [1.82, 2.24) is 20.4 Å². The number of nitrogens with one attached hydrogen (secondary N) is 2. The topological polar surface area (TPSA) is 52.1 Å². The second-order valence-corrected chi connectivity index (χ2v) is 10.1. The van der Waals surface area contributed by atoms with Crippen LogP contribution in [-0.2, 0) is 11.3 Å². The fourth-order valence-electron chi connectivity index (χ4n) is 5.04. The SMILES string of the molecule is CCNC(=NCC1(N2CCOCC2)CCSC1)NCC1CCCN1Cc1ccccc1. The Morgan fingerprint density at radius 2 is 2.03 bits per heavy atom. The Morgan fingerprint density at radius 3 is 2.77 bits per heavy atom. The minimum atomic E-state index is 0.198. The number of rotatable bonds is 8. The Bertz CT molecular complexity index is 688. The van der Waals surface area contributed by atoms with E-state index >= 15 is 0 Å². The zero-order chi connectivity index (χ0) is 21.4. The van der Waals surface area contributed by atoms with Gasteiger partial charge in [-0.2, -0.15) is 11.8 Å². The van der Waals surface area contributed by atoms with E-state index in [1.165, 1.54) is 42.9 Å². The van der Waals surface area contributed by atoms with Crippen molar-refractivity contribution in [3.8, 4) is 0 Å². The number of morpholine rings is 1. The molecule has 2 atom stereocenters. The third-order valence-corrected chi connectivity index (χ3v) is 8.11. The van der Waals surface area contributed by atoms with Crippen LogP contribution in [0.3, 0.4) is 0 Å². The molecule has 0 aromatic heterocycles. The molecule has 7 heteroatoms. The van der Waals surface area contributed by atoms with Gasteiger partial charge in [-0.25, -0.2) is 0 Å². The molecule has 3 saturated heterocycles. The van der Waals surface area contributed by atoms with E-state index in [2.05, 4.69) is 69.5 Å². The van der Waals surface area contributed by atoms with Crippen LogP contribution in [0.15, 0.2) is 35.3 Å². The van der Waals surface area contributed by atoms with Gasteiger partial charge in [-0.05, 0) is 44.0 Å². The Kier molecular flexibility index (Phi) is 8.53. The second kappa shape index (κ2) is 11.5. The van der Waals surface area contributed by atoms with Crippen molar-refractivity contribution in [2.75, 3.05) is 64.0 Å². The summed E-state index contributed by atoms with van der Waals surface area (Å²) in [5, 5.41) is 7.16. The summed E-state index contributed by atoms with van der Waals surface area (Å²) in [6.07, 6.45) is 3.77. The van der Waals surface area contributed by atoms with E-state index in [1.807, 2.05) is 0 Å². The highest BCUT2D eigenvalue weighted by Gasteiger charge is 2.40. The van der Waals surface area contributed by atoms with Gasteiger partial charge in [0.25, 0.3) is 0 Å². The number of guanidine groups is 1. The number of ether oxygens (including phenoxy) is 1. The summed E-state index contributed by atoms with van der Waals surface area (Å²) in [6.45, 7) is 10.9. The van der Waals surface area contributed by atoms with Crippen molar-refractivity contribution in [3.05, 3.63) is 35.9 Å². The van der Waals surface area contributed by atoms with Crippen molar-refractivity contribution >= 4 is 17.7 Å². The Hall–Kier alpha value is -1.28. The van der Waals surface area contributed by atoms with Crippen LogP contribution in [0.2, 0.25) is 0 Å². The van der Waals surface area contributed by atoms with Crippen molar-refractivity contribution in [2.24, 2.45) is 4.99 Å². The Balaban J connectivity index is 1.35. The fraction of sp³-hybridized carbons (Fsp3) is 0.708. The maximum absolute atomic E-state index is 5.60. The molecular formula is C24H39N5OS. The first kappa shape index (κ1) is 22.9. The van der Waals surface area contributed by atoms with Crippen LogP contribution in [0.1, 0.15) is 31.7 Å². The van der Waals surface area contributed by atoms with Gasteiger partial charge < -0.3 is 15.4 Å². The number of benzene rings is 1. The van der Waals surface area contributed by atoms with Gasteiger partial charge in [-0.15, -0.1) is 0 Å². The summed E-state index contributed by atoms with van der Waals surface area (Å²) in [4.78, 5) is 10.4. The number of hydrogen-bond acceptors (Lipinski definition) is 5. The van der Waals surface area contributed by atoms with E-state index < -0.39 is 0 Å². The predicted octanol–water partition coefficient (Wildman–Crippen LogP) is 2.41. The van der Waals surface area contributed by atoms with Crippen LogP contribution < -0.4 is 10.6 Å². The maximum atomic E-state index is 5.60. The molecule has 0 amide bonds.